The lowest BCUT2D eigenvalue weighted by atomic mass is 9.98. The first-order valence-corrected chi connectivity index (χ1v) is 6.80. The number of thioether (sulfide) groups is 1. The van der Waals surface area contributed by atoms with Gasteiger partial charge in [-0.1, -0.05) is 0 Å². The Bertz CT molecular complexity index is 461. The molecule has 1 rings (SSSR count). The number of alkyl halides is 3. The highest BCUT2D eigenvalue weighted by Crippen LogP contribution is 2.29. The fourth-order valence-corrected chi connectivity index (χ4v) is 2.15. The summed E-state index contributed by atoms with van der Waals surface area (Å²) in [6.45, 7) is 1.43. The number of carboxylic acid groups (broad SMARTS) is 1. The number of hydrogen-bond acceptors (Lipinski definition) is 4. The van der Waals surface area contributed by atoms with E-state index in [4.69, 9.17) is 10.8 Å². The van der Waals surface area contributed by atoms with E-state index < -0.39 is 23.2 Å². The third-order valence-electron chi connectivity index (χ3n) is 2.64. The van der Waals surface area contributed by atoms with Crippen LogP contribution in [0.1, 0.15) is 25.3 Å². The molecule has 112 valence electrons. The van der Waals surface area contributed by atoms with Gasteiger partial charge in [-0.2, -0.15) is 13.2 Å². The standard InChI is InChI=1S/C12H15F3N2O2S/c1-11(16,10(18)19)5-2-6-20-9-4-3-8(7-17-9)12(13,14)15/h3-4,7H,2,5-6,16H2,1H3,(H,18,19). The quantitative estimate of drug-likeness (QED) is 0.624. The number of carboxylic acids is 1. The van der Waals surface area contributed by atoms with Crippen molar-refractivity contribution in [3.8, 4) is 0 Å². The fraction of sp³-hybridized carbons (Fsp3) is 0.500. The van der Waals surface area contributed by atoms with Crippen molar-refractivity contribution in [2.45, 2.75) is 36.5 Å². The van der Waals surface area contributed by atoms with E-state index in [1.54, 1.807) is 0 Å². The summed E-state index contributed by atoms with van der Waals surface area (Å²) in [5.41, 5.74) is 3.48. The maximum absolute atomic E-state index is 12.3. The van der Waals surface area contributed by atoms with Gasteiger partial charge >= 0.3 is 12.1 Å². The SMILES string of the molecule is CC(N)(CCCSc1ccc(C(F)(F)F)cn1)C(=O)O. The highest BCUT2D eigenvalue weighted by molar-refractivity contribution is 7.99. The lowest BCUT2D eigenvalue weighted by molar-refractivity contribution is -0.143. The van der Waals surface area contributed by atoms with Crippen molar-refractivity contribution in [1.82, 2.24) is 4.98 Å². The first-order chi connectivity index (χ1) is 9.13. The first-order valence-electron chi connectivity index (χ1n) is 5.81. The number of aromatic nitrogens is 1. The number of aliphatic carboxylic acids is 1. The van der Waals surface area contributed by atoms with E-state index in [0.29, 0.717) is 17.2 Å². The molecule has 1 unspecified atom stereocenters. The number of carbonyl (C=O) groups is 1. The highest BCUT2D eigenvalue weighted by Gasteiger charge is 2.30. The van der Waals surface area contributed by atoms with Gasteiger partial charge in [0.25, 0.3) is 0 Å². The van der Waals surface area contributed by atoms with Gasteiger partial charge in [-0.25, -0.2) is 4.98 Å². The summed E-state index contributed by atoms with van der Waals surface area (Å²) in [4.78, 5) is 14.5. The van der Waals surface area contributed by atoms with E-state index in [-0.39, 0.29) is 6.42 Å². The van der Waals surface area contributed by atoms with Crippen LogP contribution in [0.25, 0.3) is 0 Å². The van der Waals surface area contributed by atoms with Crippen molar-refractivity contribution in [2.24, 2.45) is 5.73 Å². The molecule has 4 nitrogen and oxygen atoms in total. The van der Waals surface area contributed by atoms with Crippen LogP contribution in [0.4, 0.5) is 13.2 Å². The lowest BCUT2D eigenvalue weighted by Crippen LogP contribution is -2.44. The van der Waals surface area contributed by atoms with Gasteiger partial charge in [0.05, 0.1) is 10.6 Å². The van der Waals surface area contributed by atoms with E-state index in [1.165, 1.54) is 24.8 Å². The average molecular weight is 308 g/mol. The van der Waals surface area contributed by atoms with Gasteiger partial charge in [0.2, 0.25) is 0 Å². The molecule has 0 aliphatic heterocycles. The van der Waals surface area contributed by atoms with E-state index in [1.807, 2.05) is 0 Å². The van der Waals surface area contributed by atoms with Crippen molar-refractivity contribution < 1.29 is 23.1 Å². The van der Waals surface area contributed by atoms with Crippen LogP contribution in [0, 0.1) is 0 Å². The maximum atomic E-state index is 12.3. The molecule has 0 aliphatic rings. The Labute approximate surface area is 118 Å². The van der Waals surface area contributed by atoms with Gasteiger partial charge in [0.15, 0.2) is 0 Å². The molecule has 0 bridgehead atoms. The van der Waals surface area contributed by atoms with Crippen molar-refractivity contribution in [2.75, 3.05) is 5.75 Å². The molecule has 20 heavy (non-hydrogen) atoms. The van der Waals surface area contributed by atoms with Crippen LogP contribution in [0.2, 0.25) is 0 Å². The zero-order chi connectivity index (χ0) is 15.4. The Hall–Kier alpha value is -1.28. The van der Waals surface area contributed by atoms with E-state index >= 15 is 0 Å². The minimum Gasteiger partial charge on any atom is -0.480 e. The molecule has 0 radical (unpaired) electrons. The Kier molecular flexibility index (Phi) is 5.41. The maximum Gasteiger partial charge on any atom is 0.417 e. The zero-order valence-electron chi connectivity index (χ0n) is 10.8. The molecular formula is C12H15F3N2O2S. The average Bonchev–Trinajstić information content (AvgIpc) is 2.34. The molecule has 0 spiro atoms. The largest absolute Gasteiger partial charge is 0.480 e. The number of nitrogens with zero attached hydrogens (tertiary/aromatic N) is 1. The number of hydrogen-bond donors (Lipinski definition) is 2. The molecule has 0 aliphatic carbocycles. The number of halogens is 3. The lowest BCUT2D eigenvalue weighted by Gasteiger charge is -2.18. The van der Waals surface area contributed by atoms with Crippen LogP contribution in [0.15, 0.2) is 23.4 Å². The third kappa shape index (κ3) is 5.01. The fourth-order valence-electron chi connectivity index (χ4n) is 1.36. The summed E-state index contributed by atoms with van der Waals surface area (Å²) < 4.78 is 37.0. The third-order valence-corrected chi connectivity index (χ3v) is 3.67. The van der Waals surface area contributed by atoms with Crippen molar-refractivity contribution in [1.29, 1.82) is 0 Å². The molecule has 3 N–H and O–H groups in total. The molecule has 1 atom stereocenters. The minimum atomic E-state index is -4.39. The predicted octanol–water partition coefficient (Wildman–Crippen LogP) is 2.77. The second kappa shape index (κ2) is 6.45. The topological polar surface area (TPSA) is 76.2 Å². The summed E-state index contributed by atoms with van der Waals surface area (Å²) in [5.74, 6) is -0.534. The number of pyridine rings is 1. The molecule has 1 aromatic rings. The second-order valence-electron chi connectivity index (χ2n) is 4.56. The molecule has 0 saturated heterocycles. The van der Waals surface area contributed by atoms with Gasteiger partial charge in [-0.3, -0.25) is 4.79 Å². The molecule has 1 aromatic heterocycles. The van der Waals surface area contributed by atoms with Crippen LogP contribution in [0.5, 0.6) is 0 Å². The molecule has 0 aromatic carbocycles. The van der Waals surface area contributed by atoms with Crippen LogP contribution in [-0.4, -0.2) is 27.4 Å². The molecule has 0 saturated carbocycles. The van der Waals surface area contributed by atoms with E-state index in [0.717, 1.165) is 12.3 Å². The van der Waals surface area contributed by atoms with Crippen LogP contribution < -0.4 is 5.73 Å². The van der Waals surface area contributed by atoms with Crippen LogP contribution in [0.3, 0.4) is 0 Å². The normalized spacial score (nSPS) is 14.8. The Balaban J connectivity index is 2.42. The van der Waals surface area contributed by atoms with Gasteiger partial charge in [-0.15, -0.1) is 11.8 Å². The van der Waals surface area contributed by atoms with Gasteiger partial charge in [0.1, 0.15) is 5.54 Å². The summed E-state index contributed by atoms with van der Waals surface area (Å²) in [7, 11) is 0. The second-order valence-corrected chi connectivity index (χ2v) is 5.67. The smallest absolute Gasteiger partial charge is 0.417 e. The summed E-state index contributed by atoms with van der Waals surface area (Å²) in [6.07, 6.45) is -2.78. The summed E-state index contributed by atoms with van der Waals surface area (Å²) >= 11 is 1.27. The predicted molar refractivity (Wildman–Crippen MR) is 69.4 cm³/mol. The van der Waals surface area contributed by atoms with Gasteiger partial charge < -0.3 is 10.8 Å². The zero-order valence-corrected chi connectivity index (χ0v) is 11.6. The summed E-state index contributed by atoms with van der Waals surface area (Å²) in [6, 6.07) is 2.27. The minimum absolute atomic E-state index is 0.288. The summed E-state index contributed by atoms with van der Waals surface area (Å²) in [5, 5.41) is 9.28. The van der Waals surface area contributed by atoms with Crippen LogP contribution in [-0.2, 0) is 11.0 Å². The van der Waals surface area contributed by atoms with Crippen molar-refractivity contribution in [3.05, 3.63) is 23.9 Å². The molecule has 0 fully saturated rings. The van der Waals surface area contributed by atoms with Crippen molar-refractivity contribution in [3.63, 3.8) is 0 Å². The van der Waals surface area contributed by atoms with E-state index in [9.17, 15) is 18.0 Å². The van der Waals surface area contributed by atoms with Gasteiger partial charge in [-0.05, 0) is 37.7 Å². The number of rotatable bonds is 6. The molecule has 0 amide bonds. The Morgan fingerprint density at radius 1 is 1.45 bits per heavy atom. The first kappa shape index (κ1) is 16.8. The van der Waals surface area contributed by atoms with Crippen LogP contribution >= 0.6 is 11.8 Å². The monoisotopic (exact) mass is 308 g/mol. The molecule has 8 heteroatoms. The Morgan fingerprint density at radius 2 is 2.10 bits per heavy atom. The number of nitrogens with two attached hydrogens (primary N) is 1. The van der Waals surface area contributed by atoms with E-state index in [2.05, 4.69) is 4.98 Å². The highest BCUT2D eigenvalue weighted by atomic mass is 32.2. The Morgan fingerprint density at radius 3 is 2.55 bits per heavy atom. The molecule has 1 heterocycles. The molecular weight excluding hydrogens is 293 g/mol. The van der Waals surface area contributed by atoms with Crippen molar-refractivity contribution >= 4 is 17.7 Å². The van der Waals surface area contributed by atoms with Gasteiger partial charge in [0, 0.05) is 6.20 Å².